The summed E-state index contributed by atoms with van der Waals surface area (Å²) in [5.41, 5.74) is 3.17. The molecule has 3 atom stereocenters. The van der Waals surface area contributed by atoms with Crippen LogP contribution in [0.15, 0.2) is 48.5 Å². The summed E-state index contributed by atoms with van der Waals surface area (Å²) in [5.74, 6) is -0.180. The summed E-state index contributed by atoms with van der Waals surface area (Å²) in [5, 5.41) is 22.3. The first-order chi connectivity index (χ1) is 12.6. The van der Waals surface area contributed by atoms with E-state index < -0.39 is 12.3 Å². The zero-order valence-electron chi connectivity index (χ0n) is 15.3. The van der Waals surface area contributed by atoms with E-state index in [1.54, 1.807) is 0 Å². The summed E-state index contributed by atoms with van der Waals surface area (Å²) in [6.45, 7) is 3.69. The van der Waals surface area contributed by atoms with Gasteiger partial charge in [0.2, 0.25) is 0 Å². The molecule has 0 saturated carbocycles. The SMILES string of the molecule is CC(c1ccccc1-c1ccc(Cl)cc1)C(O)C(O)N1CCCCCC1. The Morgan fingerprint density at radius 1 is 0.885 bits per heavy atom. The molecule has 3 rings (SSSR count). The molecule has 26 heavy (non-hydrogen) atoms. The lowest BCUT2D eigenvalue weighted by Gasteiger charge is -2.33. The van der Waals surface area contributed by atoms with E-state index in [1.807, 2.05) is 54.3 Å². The maximum atomic E-state index is 10.9. The van der Waals surface area contributed by atoms with Crippen LogP contribution in [0.2, 0.25) is 5.02 Å². The van der Waals surface area contributed by atoms with Gasteiger partial charge in [0.15, 0.2) is 0 Å². The standard InChI is InChI=1S/C22H28ClNO2/c1-16(21(25)22(26)24-14-6-2-3-7-15-24)19-8-4-5-9-20(19)17-10-12-18(23)13-11-17/h4-5,8-13,16,21-22,25-26H,2-3,6-7,14-15H2,1H3. The predicted molar refractivity (Wildman–Crippen MR) is 107 cm³/mol. The van der Waals surface area contributed by atoms with Crippen LogP contribution < -0.4 is 0 Å². The molecule has 1 heterocycles. The molecule has 0 amide bonds. The van der Waals surface area contributed by atoms with E-state index in [9.17, 15) is 10.2 Å². The third kappa shape index (κ3) is 4.47. The van der Waals surface area contributed by atoms with E-state index >= 15 is 0 Å². The molecule has 0 spiro atoms. The largest absolute Gasteiger partial charge is 0.388 e. The van der Waals surface area contributed by atoms with Crippen LogP contribution in [0.5, 0.6) is 0 Å². The number of aliphatic hydroxyl groups is 2. The van der Waals surface area contributed by atoms with Gasteiger partial charge in [0, 0.05) is 24.0 Å². The average Bonchev–Trinajstić information content (AvgIpc) is 2.96. The molecule has 0 bridgehead atoms. The fourth-order valence-electron chi connectivity index (χ4n) is 3.80. The van der Waals surface area contributed by atoms with Gasteiger partial charge in [-0.05, 0) is 41.7 Å². The fraction of sp³-hybridized carbons (Fsp3) is 0.455. The average molecular weight is 374 g/mol. The summed E-state index contributed by atoms with van der Waals surface area (Å²) in [6, 6.07) is 15.8. The van der Waals surface area contributed by atoms with Crippen molar-refractivity contribution in [3.8, 4) is 11.1 Å². The number of aliphatic hydroxyl groups excluding tert-OH is 2. The van der Waals surface area contributed by atoms with Crippen molar-refractivity contribution in [2.24, 2.45) is 0 Å². The Morgan fingerprint density at radius 2 is 1.50 bits per heavy atom. The second-order valence-corrected chi connectivity index (χ2v) is 7.67. The number of hydrogen-bond donors (Lipinski definition) is 2. The van der Waals surface area contributed by atoms with Crippen molar-refractivity contribution in [1.29, 1.82) is 0 Å². The quantitative estimate of drug-likeness (QED) is 0.800. The number of hydrogen-bond acceptors (Lipinski definition) is 3. The Kier molecular flexibility index (Phi) is 6.71. The molecule has 2 aromatic carbocycles. The number of rotatable bonds is 5. The highest BCUT2D eigenvalue weighted by molar-refractivity contribution is 6.30. The predicted octanol–water partition coefficient (Wildman–Crippen LogP) is 4.67. The summed E-state index contributed by atoms with van der Waals surface area (Å²) in [7, 11) is 0. The molecule has 0 radical (unpaired) electrons. The minimum absolute atomic E-state index is 0.180. The Morgan fingerprint density at radius 3 is 2.15 bits per heavy atom. The monoisotopic (exact) mass is 373 g/mol. The van der Waals surface area contributed by atoms with Crippen molar-refractivity contribution in [3.63, 3.8) is 0 Å². The third-order valence-corrected chi connectivity index (χ3v) is 5.69. The van der Waals surface area contributed by atoms with Crippen LogP contribution in [0.1, 0.15) is 44.1 Å². The van der Waals surface area contributed by atoms with Gasteiger partial charge in [0.25, 0.3) is 0 Å². The summed E-state index contributed by atoms with van der Waals surface area (Å²) in [6.07, 6.45) is 2.91. The zero-order chi connectivity index (χ0) is 18.5. The lowest BCUT2D eigenvalue weighted by atomic mass is 9.87. The van der Waals surface area contributed by atoms with Gasteiger partial charge in [0.05, 0.1) is 0 Å². The van der Waals surface area contributed by atoms with Gasteiger partial charge >= 0.3 is 0 Å². The Labute approximate surface area is 161 Å². The van der Waals surface area contributed by atoms with Crippen LogP contribution in [0, 0.1) is 0 Å². The van der Waals surface area contributed by atoms with E-state index in [-0.39, 0.29) is 5.92 Å². The van der Waals surface area contributed by atoms with Gasteiger partial charge in [-0.15, -0.1) is 0 Å². The molecule has 1 aliphatic heterocycles. The van der Waals surface area contributed by atoms with Gasteiger partial charge in [-0.25, -0.2) is 0 Å². The van der Waals surface area contributed by atoms with Gasteiger partial charge in [-0.2, -0.15) is 0 Å². The van der Waals surface area contributed by atoms with Gasteiger partial charge in [-0.3, -0.25) is 4.90 Å². The van der Waals surface area contributed by atoms with Crippen molar-refractivity contribution >= 4 is 11.6 Å². The third-order valence-electron chi connectivity index (χ3n) is 5.44. The van der Waals surface area contributed by atoms with Crippen molar-refractivity contribution in [2.45, 2.75) is 50.9 Å². The smallest absolute Gasteiger partial charge is 0.134 e. The molecule has 4 heteroatoms. The maximum absolute atomic E-state index is 10.9. The van der Waals surface area contributed by atoms with Crippen molar-refractivity contribution in [3.05, 3.63) is 59.1 Å². The van der Waals surface area contributed by atoms with Gasteiger partial charge in [0.1, 0.15) is 12.3 Å². The summed E-state index contributed by atoms with van der Waals surface area (Å²) < 4.78 is 0. The van der Waals surface area contributed by atoms with Crippen LogP contribution >= 0.6 is 11.6 Å². The van der Waals surface area contributed by atoms with Gasteiger partial charge < -0.3 is 10.2 Å². The second kappa shape index (κ2) is 9.01. The zero-order valence-corrected chi connectivity index (χ0v) is 16.1. The molecule has 1 fully saturated rings. The van der Waals surface area contributed by atoms with Crippen molar-refractivity contribution in [1.82, 2.24) is 4.90 Å². The molecule has 0 aromatic heterocycles. The lowest BCUT2D eigenvalue weighted by molar-refractivity contribution is -0.0896. The highest BCUT2D eigenvalue weighted by atomic mass is 35.5. The van der Waals surface area contributed by atoms with Crippen LogP contribution in [0.3, 0.4) is 0 Å². The van der Waals surface area contributed by atoms with E-state index in [2.05, 4.69) is 6.07 Å². The van der Waals surface area contributed by atoms with Crippen LogP contribution in [-0.4, -0.2) is 40.5 Å². The molecule has 1 aliphatic rings. The molecule has 2 aromatic rings. The number of likely N-dealkylation sites (tertiary alicyclic amines) is 1. The first-order valence-corrected chi connectivity index (χ1v) is 9.91. The van der Waals surface area contributed by atoms with Crippen LogP contribution in [-0.2, 0) is 0 Å². The van der Waals surface area contributed by atoms with Gasteiger partial charge in [-0.1, -0.05) is 67.8 Å². The van der Waals surface area contributed by atoms with Crippen LogP contribution in [0.4, 0.5) is 0 Å². The molecule has 3 nitrogen and oxygen atoms in total. The minimum atomic E-state index is -0.832. The van der Waals surface area contributed by atoms with E-state index in [0.29, 0.717) is 5.02 Å². The first-order valence-electron chi connectivity index (χ1n) is 9.53. The van der Waals surface area contributed by atoms with Crippen molar-refractivity contribution in [2.75, 3.05) is 13.1 Å². The van der Waals surface area contributed by atoms with E-state index in [4.69, 9.17) is 11.6 Å². The lowest BCUT2D eigenvalue weighted by Crippen LogP contribution is -2.46. The molecule has 140 valence electrons. The fourth-order valence-corrected chi connectivity index (χ4v) is 3.93. The minimum Gasteiger partial charge on any atom is -0.388 e. The van der Waals surface area contributed by atoms with E-state index in [0.717, 1.165) is 42.6 Å². The van der Waals surface area contributed by atoms with Crippen LogP contribution in [0.25, 0.3) is 11.1 Å². The molecule has 3 unspecified atom stereocenters. The highest BCUT2D eigenvalue weighted by Gasteiger charge is 2.30. The summed E-state index contributed by atoms with van der Waals surface area (Å²) >= 11 is 6.01. The Balaban J connectivity index is 1.82. The molecule has 0 aliphatic carbocycles. The molecule has 1 saturated heterocycles. The highest BCUT2D eigenvalue weighted by Crippen LogP contribution is 2.33. The number of nitrogens with zero attached hydrogens (tertiary/aromatic N) is 1. The van der Waals surface area contributed by atoms with Crippen molar-refractivity contribution < 1.29 is 10.2 Å². The summed E-state index contributed by atoms with van der Waals surface area (Å²) in [4.78, 5) is 2.03. The topological polar surface area (TPSA) is 43.7 Å². The maximum Gasteiger partial charge on any atom is 0.134 e. The molecule has 2 N–H and O–H groups in total. The van der Waals surface area contributed by atoms with E-state index in [1.165, 1.54) is 12.8 Å². The molecular weight excluding hydrogens is 346 g/mol. The Bertz CT molecular complexity index is 696. The number of halogens is 1. The number of benzene rings is 2. The second-order valence-electron chi connectivity index (χ2n) is 7.24. The molecular formula is C22H28ClNO2. The first kappa shape index (κ1) is 19.4. The normalized spacial score (nSPS) is 19.5. The Hall–Kier alpha value is -1.39.